The van der Waals surface area contributed by atoms with E-state index in [-0.39, 0.29) is 6.54 Å². The minimum absolute atomic E-state index is 0.0853. The Balaban J connectivity index is 2.47. The Kier molecular flexibility index (Phi) is 5.39. The quantitative estimate of drug-likeness (QED) is 0.521. The minimum Gasteiger partial charge on any atom is -0.480 e. The van der Waals surface area contributed by atoms with E-state index in [1.807, 2.05) is 0 Å². The Bertz CT molecular complexity index is 502. The highest BCUT2D eigenvalue weighted by Gasteiger charge is 2.21. The van der Waals surface area contributed by atoms with E-state index < -0.39 is 30.4 Å². The first-order chi connectivity index (χ1) is 9.38. The van der Waals surface area contributed by atoms with Gasteiger partial charge in [-0.25, -0.2) is 9.59 Å². The lowest BCUT2D eigenvalue weighted by Crippen LogP contribution is -2.47. The van der Waals surface area contributed by atoms with Crippen LogP contribution in [0.5, 0.6) is 0 Å². The number of aryl methyl sites for hydroxylation is 1. The lowest BCUT2D eigenvalue weighted by molar-refractivity contribution is -0.140. The van der Waals surface area contributed by atoms with Crippen LogP contribution in [0.15, 0.2) is 12.4 Å². The number of hydrogen-bond acceptors (Lipinski definition) is 5. The number of hydrogen-bond donors (Lipinski definition) is 4. The van der Waals surface area contributed by atoms with Crippen molar-refractivity contribution < 1.29 is 19.5 Å². The van der Waals surface area contributed by atoms with Crippen LogP contribution in [0, 0.1) is 6.92 Å². The number of carbonyl (C=O) groups excluding carboxylic acids is 2. The van der Waals surface area contributed by atoms with Crippen molar-refractivity contribution >= 4 is 17.9 Å². The number of nitrogens with two attached hydrogens (primary N) is 1. The second-order valence-electron chi connectivity index (χ2n) is 4.04. The van der Waals surface area contributed by atoms with Gasteiger partial charge in [0.05, 0.1) is 30.6 Å². The van der Waals surface area contributed by atoms with Gasteiger partial charge in [-0.2, -0.15) is 0 Å². The highest BCUT2D eigenvalue weighted by Crippen LogP contribution is 1.94. The van der Waals surface area contributed by atoms with Crippen molar-refractivity contribution in [2.45, 2.75) is 25.9 Å². The van der Waals surface area contributed by atoms with Gasteiger partial charge < -0.3 is 21.5 Å². The topological polar surface area (TPSA) is 147 Å². The summed E-state index contributed by atoms with van der Waals surface area (Å²) in [6, 6.07) is -2.10. The number of nitrogens with one attached hydrogen (secondary N) is 2. The molecule has 0 fully saturated rings. The van der Waals surface area contributed by atoms with Crippen molar-refractivity contribution in [3.8, 4) is 0 Å². The Hall–Kier alpha value is -2.71. The summed E-state index contributed by atoms with van der Waals surface area (Å²) in [6.07, 6.45) is 2.56. The molecule has 0 aliphatic carbocycles. The summed E-state index contributed by atoms with van der Waals surface area (Å²) < 4.78 is 0. The number of amides is 3. The Morgan fingerprint density at radius 1 is 1.35 bits per heavy atom. The second kappa shape index (κ2) is 7.02. The van der Waals surface area contributed by atoms with Gasteiger partial charge >= 0.3 is 12.0 Å². The molecule has 1 aromatic heterocycles. The molecule has 5 N–H and O–H groups in total. The van der Waals surface area contributed by atoms with Crippen molar-refractivity contribution in [2.75, 3.05) is 0 Å². The fourth-order valence-corrected chi connectivity index (χ4v) is 1.29. The molecule has 0 aromatic carbocycles. The zero-order valence-electron chi connectivity index (χ0n) is 10.8. The SMILES string of the molecule is Cc1cnc(CNC(=O)NC(CC(N)=O)C(=O)O)cn1. The van der Waals surface area contributed by atoms with Gasteiger partial charge in [-0.15, -0.1) is 0 Å². The monoisotopic (exact) mass is 281 g/mol. The highest BCUT2D eigenvalue weighted by molar-refractivity contribution is 5.87. The average molecular weight is 281 g/mol. The van der Waals surface area contributed by atoms with Crippen LogP contribution in [0.25, 0.3) is 0 Å². The van der Waals surface area contributed by atoms with E-state index in [0.717, 1.165) is 5.69 Å². The van der Waals surface area contributed by atoms with Crippen LogP contribution >= 0.6 is 0 Å². The maximum absolute atomic E-state index is 11.5. The Morgan fingerprint density at radius 2 is 2.05 bits per heavy atom. The molecule has 1 atom stereocenters. The van der Waals surface area contributed by atoms with Crippen LogP contribution in [0.4, 0.5) is 4.79 Å². The number of aromatic nitrogens is 2. The van der Waals surface area contributed by atoms with Gasteiger partial charge in [0.2, 0.25) is 5.91 Å². The summed E-state index contributed by atoms with van der Waals surface area (Å²) in [4.78, 5) is 41.0. The molecule has 0 radical (unpaired) electrons. The molecular formula is C11H15N5O4. The van der Waals surface area contributed by atoms with Crippen LogP contribution in [0.3, 0.4) is 0 Å². The van der Waals surface area contributed by atoms with Crippen LogP contribution in [-0.2, 0) is 16.1 Å². The standard InChI is InChI=1S/C11H15N5O4/c1-6-3-14-7(4-13-6)5-15-11(20)16-8(10(18)19)2-9(12)17/h3-4,8H,2,5H2,1H3,(H2,12,17)(H,18,19)(H2,15,16,20). The summed E-state index contributed by atoms with van der Waals surface area (Å²) >= 11 is 0. The van der Waals surface area contributed by atoms with E-state index in [1.165, 1.54) is 6.20 Å². The molecule has 3 amide bonds. The van der Waals surface area contributed by atoms with Crippen LogP contribution in [0.2, 0.25) is 0 Å². The largest absolute Gasteiger partial charge is 0.480 e. The molecule has 0 aliphatic heterocycles. The maximum atomic E-state index is 11.5. The first-order valence-electron chi connectivity index (χ1n) is 5.71. The Morgan fingerprint density at radius 3 is 2.55 bits per heavy atom. The Labute approximate surface area is 114 Å². The molecule has 9 heteroatoms. The predicted molar refractivity (Wildman–Crippen MR) is 67.4 cm³/mol. The third kappa shape index (κ3) is 5.29. The van der Waals surface area contributed by atoms with Gasteiger partial charge in [0.1, 0.15) is 6.04 Å². The van der Waals surface area contributed by atoms with E-state index in [4.69, 9.17) is 10.8 Å². The molecule has 1 aromatic rings. The van der Waals surface area contributed by atoms with Crippen LogP contribution < -0.4 is 16.4 Å². The summed E-state index contributed by atoms with van der Waals surface area (Å²) in [5.74, 6) is -2.16. The number of nitrogens with zero attached hydrogens (tertiary/aromatic N) is 2. The van der Waals surface area contributed by atoms with Crippen molar-refractivity contribution in [1.82, 2.24) is 20.6 Å². The first-order valence-corrected chi connectivity index (χ1v) is 5.71. The lowest BCUT2D eigenvalue weighted by Gasteiger charge is -2.13. The fourth-order valence-electron chi connectivity index (χ4n) is 1.29. The molecule has 1 unspecified atom stereocenters. The third-order valence-corrected chi connectivity index (χ3v) is 2.27. The molecule has 9 nitrogen and oxygen atoms in total. The molecule has 1 heterocycles. The molecule has 20 heavy (non-hydrogen) atoms. The normalized spacial score (nSPS) is 11.4. The van der Waals surface area contributed by atoms with Gasteiger partial charge in [0.15, 0.2) is 0 Å². The van der Waals surface area contributed by atoms with Crippen molar-refractivity contribution in [2.24, 2.45) is 5.73 Å². The number of carboxylic acid groups (broad SMARTS) is 1. The van der Waals surface area contributed by atoms with Crippen molar-refractivity contribution in [1.29, 1.82) is 0 Å². The van der Waals surface area contributed by atoms with E-state index in [2.05, 4.69) is 20.6 Å². The van der Waals surface area contributed by atoms with Gasteiger partial charge in [0.25, 0.3) is 0 Å². The van der Waals surface area contributed by atoms with Gasteiger partial charge in [-0.05, 0) is 6.92 Å². The zero-order chi connectivity index (χ0) is 15.1. The van der Waals surface area contributed by atoms with E-state index >= 15 is 0 Å². The summed E-state index contributed by atoms with van der Waals surface area (Å²) in [6.45, 7) is 1.86. The van der Waals surface area contributed by atoms with Gasteiger partial charge in [-0.3, -0.25) is 14.8 Å². The number of primary amides is 1. The number of aliphatic carboxylic acids is 1. The molecule has 0 spiro atoms. The number of carbonyl (C=O) groups is 3. The lowest BCUT2D eigenvalue weighted by atomic mass is 10.2. The molecule has 108 valence electrons. The van der Waals surface area contributed by atoms with Crippen LogP contribution in [-0.4, -0.2) is 39.0 Å². The highest BCUT2D eigenvalue weighted by atomic mass is 16.4. The fraction of sp³-hybridized carbons (Fsp3) is 0.364. The zero-order valence-corrected chi connectivity index (χ0v) is 10.8. The predicted octanol–water partition coefficient (Wildman–Crippen LogP) is -1.09. The summed E-state index contributed by atoms with van der Waals surface area (Å²) in [5.41, 5.74) is 6.16. The summed E-state index contributed by atoms with van der Waals surface area (Å²) in [7, 11) is 0. The van der Waals surface area contributed by atoms with Crippen molar-refractivity contribution in [3.63, 3.8) is 0 Å². The number of carboxylic acids is 1. The molecule has 0 saturated heterocycles. The minimum atomic E-state index is -1.36. The number of urea groups is 1. The second-order valence-corrected chi connectivity index (χ2v) is 4.04. The van der Waals surface area contributed by atoms with E-state index in [9.17, 15) is 14.4 Å². The summed E-state index contributed by atoms with van der Waals surface area (Å²) in [5, 5.41) is 13.4. The molecule has 1 rings (SSSR count). The smallest absolute Gasteiger partial charge is 0.326 e. The molecule has 0 saturated carbocycles. The maximum Gasteiger partial charge on any atom is 0.326 e. The molecule has 0 bridgehead atoms. The third-order valence-electron chi connectivity index (χ3n) is 2.27. The molecular weight excluding hydrogens is 266 g/mol. The van der Waals surface area contributed by atoms with Crippen LogP contribution in [0.1, 0.15) is 17.8 Å². The average Bonchev–Trinajstić information content (AvgIpc) is 2.36. The van der Waals surface area contributed by atoms with Gasteiger partial charge in [-0.1, -0.05) is 0 Å². The molecule has 0 aliphatic rings. The van der Waals surface area contributed by atoms with Crippen molar-refractivity contribution in [3.05, 3.63) is 23.8 Å². The van der Waals surface area contributed by atoms with Gasteiger partial charge in [0, 0.05) is 6.20 Å². The number of rotatable bonds is 6. The van der Waals surface area contributed by atoms with E-state index in [0.29, 0.717) is 5.69 Å². The first kappa shape index (κ1) is 15.3. The van der Waals surface area contributed by atoms with E-state index in [1.54, 1.807) is 13.1 Å².